The van der Waals surface area contributed by atoms with Gasteiger partial charge < -0.3 is 0 Å². The minimum absolute atomic E-state index is 0.316. The van der Waals surface area contributed by atoms with Crippen molar-refractivity contribution in [3.8, 4) is 0 Å². The highest BCUT2D eigenvalue weighted by molar-refractivity contribution is 5.21. The molecule has 0 spiro atoms. The first-order valence-corrected chi connectivity index (χ1v) is 5.31. The van der Waals surface area contributed by atoms with E-state index in [1.807, 2.05) is 0 Å². The average molecular weight is 182 g/mol. The van der Waals surface area contributed by atoms with Crippen molar-refractivity contribution >= 4 is 0 Å². The minimum Gasteiger partial charge on any atom is -0.0685 e. The Morgan fingerprint density at radius 3 is 1.46 bits per heavy atom. The van der Waals surface area contributed by atoms with Crippen molar-refractivity contribution in [2.24, 2.45) is 10.8 Å². The fourth-order valence-corrected chi connectivity index (χ4v) is 1.34. The van der Waals surface area contributed by atoms with Crippen LogP contribution in [0.3, 0.4) is 0 Å². The molecule has 0 heteroatoms. The Morgan fingerprint density at radius 2 is 1.23 bits per heavy atom. The molecule has 78 valence electrons. The van der Waals surface area contributed by atoms with Gasteiger partial charge in [-0.15, -0.1) is 0 Å². The maximum Gasteiger partial charge on any atom is -0.0147 e. The first-order chi connectivity index (χ1) is 5.63. The van der Waals surface area contributed by atoms with Gasteiger partial charge in [0.1, 0.15) is 0 Å². The van der Waals surface area contributed by atoms with Crippen LogP contribution >= 0.6 is 0 Å². The highest BCUT2D eigenvalue weighted by atomic mass is 14.3. The van der Waals surface area contributed by atoms with Crippen molar-refractivity contribution in [3.63, 3.8) is 0 Å². The average Bonchev–Trinajstić information content (AvgIpc) is 2.00. The molecule has 0 heterocycles. The fraction of sp³-hybridized carbons (Fsp3) is 0.846. The van der Waals surface area contributed by atoms with Gasteiger partial charge in [-0.2, -0.15) is 0 Å². The molecule has 0 saturated carbocycles. The molecule has 0 unspecified atom stereocenters. The molecule has 0 aromatic rings. The van der Waals surface area contributed by atoms with E-state index in [0.29, 0.717) is 10.8 Å². The Kier molecular flexibility index (Phi) is 3.78. The molecule has 0 rings (SSSR count). The summed E-state index contributed by atoms with van der Waals surface area (Å²) in [7, 11) is 0. The molecule has 0 radical (unpaired) electrons. The van der Waals surface area contributed by atoms with E-state index in [1.165, 1.54) is 6.42 Å². The summed E-state index contributed by atoms with van der Waals surface area (Å²) in [6, 6.07) is 0. The van der Waals surface area contributed by atoms with Crippen LogP contribution in [0.2, 0.25) is 0 Å². The van der Waals surface area contributed by atoms with Gasteiger partial charge in [0.25, 0.3) is 0 Å². The van der Waals surface area contributed by atoms with E-state index in [0.717, 1.165) is 0 Å². The molecule has 0 fully saturated rings. The summed E-state index contributed by atoms with van der Waals surface area (Å²) >= 11 is 0. The Hall–Kier alpha value is -0.260. The Balaban J connectivity index is 5.04. The van der Waals surface area contributed by atoms with Gasteiger partial charge in [0.2, 0.25) is 0 Å². The monoisotopic (exact) mass is 182 g/mol. The van der Waals surface area contributed by atoms with E-state index >= 15 is 0 Å². The minimum atomic E-state index is 0.316. The summed E-state index contributed by atoms with van der Waals surface area (Å²) in [5.74, 6) is 0. The van der Waals surface area contributed by atoms with Crippen LogP contribution in [0.5, 0.6) is 0 Å². The predicted molar refractivity (Wildman–Crippen MR) is 61.9 cm³/mol. The molecule has 0 aliphatic carbocycles. The van der Waals surface area contributed by atoms with Gasteiger partial charge in [-0.05, 0) is 31.1 Å². The SMILES string of the molecule is CCC(C)(C)/C(C)=C(\C)C(C)(C)C. The lowest BCUT2D eigenvalue weighted by Crippen LogP contribution is -2.18. The van der Waals surface area contributed by atoms with Gasteiger partial charge in [0, 0.05) is 0 Å². The predicted octanol–water partition coefficient (Wildman–Crippen LogP) is 4.81. The molecule has 0 atom stereocenters. The molecule has 0 saturated heterocycles. The van der Waals surface area contributed by atoms with E-state index in [9.17, 15) is 0 Å². The van der Waals surface area contributed by atoms with Crippen molar-refractivity contribution in [2.75, 3.05) is 0 Å². The van der Waals surface area contributed by atoms with Crippen LogP contribution in [0, 0.1) is 10.8 Å². The van der Waals surface area contributed by atoms with Gasteiger partial charge in [-0.3, -0.25) is 0 Å². The third-order valence-electron chi connectivity index (χ3n) is 3.59. The molecule has 0 aliphatic rings. The molecule has 0 aromatic carbocycles. The van der Waals surface area contributed by atoms with Crippen molar-refractivity contribution < 1.29 is 0 Å². The van der Waals surface area contributed by atoms with Crippen LogP contribution in [0.15, 0.2) is 11.1 Å². The lowest BCUT2D eigenvalue weighted by atomic mass is 9.74. The summed E-state index contributed by atoms with van der Waals surface area (Å²) in [5, 5.41) is 0. The van der Waals surface area contributed by atoms with Gasteiger partial charge in [-0.25, -0.2) is 0 Å². The molecule has 0 nitrogen and oxygen atoms in total. The summed E-state index contributed by atoms with van der Waals surface area (Å²) in [5.41, 5.74) is 3.77. The molecule has 0 amide bonds. The number of allylic oxidation sites excluding steroid dienone is 2. The zero-order valence-corrected chi connectivity index (χ0v) is 10.7. The Morgan fingerprint density at radius 1 is 0.846 bits per heavy atom. The highest BCUT2D eigenvalue weighted by Crippen LogP contribution is 2.37. The molecule has 13 heavy (non-hydrogen) atoms. The smallest absolute Gasteiger partial charge is 0.0147 e. The van der Waals surface area contributed by atoms with Gasteiger partial charge in [0.15, 0.2) is 0 Å². The largest absolute Gasteiger partial charge is 0.0685 e. The Bertz CT molecular complexity index is 199. The van der Waals surface area contributed by atoms with Crippen LogP contribution in [0.4, 0.5) is 0 Å². The summed E-state index contributed by atoms with van der Waals surface area (Å²) in [6.45, 7) is 18.3. The molecular weight excluding hydrogens is 156 g/mol. The molecule has 0 aromatic heterocycles. The normalized spacial score (nSPS) is 15.7. The zero-order valence-electron chi connectivity index (χ0n) is 10.7. The third kappa shape index (κ3) is 3.17. The topological polar surface area (TPSA) is 0 Å². The van der Waals surface area contributed by atoms with Crippen LogP contribution in [-0.2, 0) is 0 Å². The van der Waals surface area contributed by atoms with Crippen LogP contribution in [-0.4, -0.2) is 0 Å². The first kappa shape index (κ1) is 12.7. The second-order valence-electron chi connectivity index (χ2n) is 5.74. The van der Waals surface area contributed by atoms with Gasteiger partial charge in [-0.1, -0.05) is 52.7 Å². The van der Waals surface area contributed by atoms with Crippen LogP contribution in [0.1, 0.15) is 61.8 Å². The fourth-order valence-electron chi connectivity index (χ4n) is 1.34. The van der Waals surface area contributed by atoms with Crippen molar-refractivity contribution in [1.29, 1.82) is 0 Å². The third-order valence-corrected chi connectivity index (χ3v) is 3.59. The number of hydrogen-bond donors (Lipinski definition) is 0. The quantitative estimate of drug-likeness (QED) is 0.538. The summed E-state index contributed by atoms with van der Waals surface area (Å²) in [6.07, 6.45) is 1.21. The van der Waals surface area contributed by atoms with Crippen LogP contribution in [0.25, 0.3) is 0 Å². The van der Waals surface area contributed by atoms with Crippen molar-refractivity contribution in [2.45, 2.75) is 61.8 Å². The van der Waals surface area contributed by atoms with Crippen molar-refractivity contribution in [1.82, 2.24) is 0 Å². The molecule has 0 aliphatic heterocycles. The zero-order chi connectivity index (χ0) is 10.9. The van der Waals surface area contributed by atoms with Crippen molar-refractivity contribution in [3.05, 3.63) is 11.1 Å². The standard InChI is InChI=1S/C13H26/c1-9-13(7,8)11(3)10(2)12(4,5)6/h9H2,1-8H3/b11-10+. The molecular formula is C13H26. The lowest BCUT2D eigenvalue weighted by Gasteiger charge is -2.31. The van der Waals surface area contributed by atoms with Crippen LogP contribution < -0.4 is 0 Å². The van der Waals surface area contributed by atoms with E-state index in [1.54, 1.807) is 11.1 Å². The van der Waals surface area contributed by atoms with E-state index < -0.39 is 0 Å². The molecule has 0 bridgehead atoms. The second-order valence-corrected chi connectivity index (χ2v) is 5.74. The van der Waals surface area contributed by atoms with E-state index in [-0.39, 0.29) is 0 Å². The lowest BCUT2D eigenvalue weighted by molar-refractivity contribution is 0.401. The van der Waals surface area contributed by atoms with E-state index in [2.05, 4.69) is 55.4 Å². The second kappa shape index (κ2) is 3.86. The Labute approximate surface area is 84.4 Å². The summed E-state index contributed by atoms with van der Waals surface area (Å²) < 4.78 is 0. The number of hydrogen-bond acceptors (Lipinski definition) is 0. The summed E-state index contributed by atoms with van der Waals surface area (Å²) in [4.78, 5) is 0. The highest BCUT2D eigenvalue weighted by Gasteiger charge is 2.24. The van der Waals surface area contributed by atoms with Gasteiger partial charge in [0.05, 0.1) is 0 Å². The maximum atomic E-state index is 2.33. The molecule has 0 N–H and O–H groups in total. The van der Waals surface area contributed by atoms with E-state index in [4.69, 9.17) is 0 Å². The first-order valence-electron chi connectivity index (χ1n) is 5.31. The maximum absolute atomic E-state index is 2.33. The van der Waals surface area contributed by atoms with Gasteiger partial charge >= 0.3 is 0 Å². The number of rotatable bonds is 2.